The van der Waals surface area contributed by atoms with Gasteiger partial charge in [0.25, 0.3) is 5.91 Å². The number of likely N-dealkylation sites (N-methyl/N-ethyl adjacent to an activating group) is 1. The van der Waals surface area contributed by atoms with Gasteiger partial charge in [-0.15, -0.1) is 0 Å². The van der Waals surface area contributed by atoms with E-state index < -0.39 is 23.6 Å². The van der Waals surface area contributed by atoms with Crippen molar-refractivity contribution in [3.8, 4) is 0 Å². The van der Waals surface area contributed by atoms with Gasteiger partial charge in [-0.25, -0.2) is 4.79 Å². The summed E-state index contributed by atoms with van der Waals surface area (Å²) < 4.78 is 5.23. The molecule has 1 unspecified atom stereocenters. The number of alkyl carbamates (subject to hydrolysis) is 1. The number of hydrogen-bond acceptors (Lipinski definition) is 4. The molecule has 3 aromatic carbocycles. The highest BCUT2D eigenvalue weighted by atomic mass is 16.6. The highest BCUT2D eigenvalue weighted by Crippen LogP contribution is 2.26. The molecule has 2 N–H and O–H groups in total. The summed E-state index contributed by atoms with van der Waals surface area (Å²) in [6, 6.07) is 19.9. The molecule has 7 heteroatoms. The van der Waals surface area contributed by atoms with Crippen LogP contribution in [0, 0.1) is 0 Å². The fourth-order valence-corrected chi connectivity index (χ4v) is 3.87. The molecule has 0 heterocycles. The van der Waals surface area contributed by atoms with Crippen LogP contribution in [-0.4, -0.2) is 41.5 Å². The van der Waals surface area contributed by atoms with Crippen molar-refractivity contribution in [1.82, 2.24) is 10.2 Å². The molecule has 3 amide bonds. The third-order valence-corrected chi connectivity index (χ3v) is 5.48. The fourth-order valence-electron chi connectivity index (χ4n) is 3.87. The molecule has 3 rings (SSSR count). The summed E-state index contributed by atoms with van der Waals surface area (Å²) in [7, 11) is 0. The van der Waals surface area contributed by atoms with Crippen molar-refractivity contribution < 1.29 is 19.1 Å². The van der Waals surface area contributed by atoms with Crippen LogP contribution < -0.4 is 10.6 Å². The Kier molecular flexibility index (Phi) is 8.48. The smallest absolute Gasteiger partial charge is 0.408 e. The van der Waals surface area contributed by atoms with Crippen LogP contribution in [-0.2, 0) is 14.3 Å². The Hall–Kier alpha value is -4.13. The van der Waals surface area contributed by atoms with Gasteiger partial charge in [0.15, 0.2) is 0 Å². The average Bonchev–Trinajstić information content (AvgIpc) is 2.84. The summed E-state index contributed by atoms with van der Waals surface area (Å²) in [5, 5.41) is 7.51. The Morgan fingerprint density at radius 2 is 1.72 bits per heavy atom. The molecular weight excluding hydrogens is 454 g/mol. The second-order valence-corrected chi connectivity index (χ2v) is 9.36. The van der Waals surface area contributed by atoms with Crippen LogP contribution in [0.4, 0.5) is 10.5 Å². The topological polar surface area (TPSA) is 87.7 Å². The molecule has 36 heavy (non-hydrogen) atoms. The number of hydrogen-bond donors (Lipinski definition) is 2. The van der Waals surface area contributed by atoms with Gasteiger partial charge in [-0.2, -0.15) is 0 Å². The highest BCUT2D eigenvalue weighted by Gasteiger charge is 2.31. The number of nitrogens with zero attached hydrogens (tertiary/aromatic N) is 1. The summed E-state index contributed by atoms with van der Waals surface area (Å²) in [6.07, 6.45) is 0.988. The zero-order chi connectivity index (χ0) is 26.3. The Morgan fingerprint density at radius 1 is 1.00 bits per heavy atom. The maximum Gasteiger partial charge on any atom is 0.408 e. The zero-order valence-corrected chi connectivity index (χ0v) is 21.2. The maximum atomic E-state index is 13.6. The lowest BCUT2D eigenvalue weighted by atomic mass is 10.0. The summed E-state index contributed by atoms with van der Waals surface area (Å²) in [6.45, 7) is 10.8. The van der Waals surface area contributed by atoms with Crippen LogP contribution in [0.15, 0.2) is 73.3 Å². The largest absolute Gasteiger partial charge is 0.444 e. The van der Waals surface area contributed by atoms with Gasteiger partial charge < -0.3 is 20.3 Å². The number of carbonyl (C=O) groups is 3. The summed E-state index contributed by atoms with van der Waals surface area (Å²) in [4.78, 5) is 40.4. The van der Waals surface area contributed by atoms with E-state index >= 15 is 0 Å². The van der Waals surface area contributed by atoms with Crippen LogP contribution in [0.5, 0.6) is 0 Å². The van der Waals surface area contributed by atoms with E-state index in [-0.39, 0.29) is 19.0 Å². The molecule has 0 spiro atoms. The lowest BCUT2D eigenvalue weighted by Gasteiger charge is -2.31. The quantitative estimate of drug-likeness (QED) is 0.437. The van der Waals surface area contributed by atoms with E-state index in [1.165, 1.54) is 4.90 Å². The monoisotopic (exact) mass is 487 g/mol. The molecule has 0 saturated heterocycles. The standard InChI is InChI=1S/C29H33N3O4/c1-6-20-11-10-14-23(17-20)26(32(7-2)25(33)19-30-28(35)36-29(3,4)5)27(34)31-24-16-15-21-12-8-9-13-22(21)18-24/h6,8-18,26H,1,7,19H2,2-5H3,(H,30,35)(H,31,34). The number of anilines is 1. The number of ether oxygens (including phenoxy) is 1. The van der Waals surface area contributed by atoms with E-state index in [2.05, 4.69) is 17.2 Å². The molecule has 0 aliphatic carbocycles. The van der Waals surface area contributed by atoms with Crippen molar-refractivity contribution in [2.24, 2.45) is 0 Å². The molecule has 0 aliphatic heterocycles. The number of amides is 3. The Balaban J connectivity index is 1.88. The van der Waals surface area contributed by atoms with Gasteiger partial charge in [-0.3, -0.25) is 9.59 Å². The lowest BCUT2D eigenvalue weighted by molar-refractivity contribution is -0.138. The first-order chi connectivity index (χ1) is 17.1. The van der Waals surface area contributed by atoms with Gasteiger partial charge in [-0.05, 0) is 67.8 Å². The SMILES string of the molecule is C=Cc1cccc(C(C(=O)Nc2ccc3ccccc3c2)N(CC)C(=O)CNC(=O)OC(C)(C)C)c1. The van der Waals surface area contributed by atoms with Gasteiger partial charge in [0.05, 0.1) is 0 Å². The van der Waals surface area contributed by atoms with Crippen molar-refractivity contribution in [1.29, 1.82) is 0 Å². The Morgan fingerprint density at radius 3 is 2.39 bits per heavy atom. The Labute approximate surface area is 212 Å². The van der Waals surface area contributed by atoms with Crippen LogP contribution >= 0.6 is 0 Å². The third kappa shape index (κ3) is 6.95. The second-order valence-electron chi connectivity index (χ2n) is 9.36. The van der Waals surface area contributed by atoms with Gasteiger partial charge in [0.2, 0.25) is 5.91 Å². The van der Waals surface area contributed by atoms with Gasteiger partial charge >= 0.3 is 6.09 Å². The molecular formula is C29H33N3O4. The van der Waals surface area contributed by atoms with Crippen molar-refractivity contribution in [2.75, 3.05) is 18.4 Å². The number of fused-ring (bicyclic) bond motifs is 1. The predicted molar refractivity (Wildman–Crippen MR) is 143 cm³/mol. The first kappa shape index (κ1) is 26.5. The summed E-state index contributed by atoms with van der Waals surface area (Å²) >= 11 is 0. The lowest BCUT2D eigenvalue weighted by Crippen LogP contribution is -2.46. The first-order valence-electron chi connectivity index (χ1n) is 11.9. The summed E-state index contributed by atoms with van der Waals surface area (Å²) in [5.74, 6) is -0.773. The van der Waals surface area contributed by atoms with Crippen LogP contribution in [0.2, 0.25) is 0 Å². The van der Waals surface area contributed by atoms with Crippen molar-refractivity contribution in [3.05, 3.63) is 84.4 Å². The van der Waals surface area contributed by atoms with Gasteiger partial charge in [0.1, 0.15) is 18.2 Å². The van der Waals surface area contributed by atoms with Gasteiger partial charge in [0, 0.05) is 12.2 Å². The molecule has 0 aliphatic rings. The van der Waals surface area contributed by atoms with E-state index in [9.17, 15) is 14.4 Å². The minimum absolute atomic E-state index is 0.253. The fraction of sp³-hybridized carbons (Fsp3) is 0.276. The third-order valence-electron chi connectivity index (χ3n) is 5.48. The minimum Gasteiger partial charge on any atom is -0.444 e. The molecule has 188 valence electrons. The average molecular weight is 488 g/mol. The first-order valence-corrected chi connectivity index (χ1v) is 11.9. The Bertz CT molecular complexity index is 1260. The van der Waals surface area contributed by atoms with Crippen LogP contribution in [0.25, 0.3) is 16.8 Å². The van der Waals surface area contributed by atoms with E-state index in [0.29, 0.717) is 11.3 Å². The molecule has 0 aromatic heterocycles. The molecule has 0 radical (unpaired) electrons. The highest BCUT2D eigenvalue weighted by molar-refractivity contribution is 6.00. The summed E-state index contributed by atoms with van der Waals surface area (Å²) in [5.41, 5.74) is 1.40. The van der Waals surface area contributed by atoms with E-state index in [1.54, 1.807) is 39.8 Å². The molecule has 1 atom stereocenters. The van der Waals surface area contributed by atoms with E-state index in [4.69, 9.17) is 4.74 Å². The zero-order valence-electron chi connectivity index (χ0n) is 21.2. The van der Waals surface area contributed by atoms with Crippen LogP contribution in [0.1, 0.15) is 44.9 Å². The van der Waals surface area contributed by atoms with Crippen molar-refractivity contribution >= 4 is 40.4 Å². The molecule has 0 bridgehead atoms. The number of nitrogens with one attached hydrogen (secondary N) is 2. The molecule has 0 fully saturated rings. The number of carbonyl (C=O) groups excluding carboxylic acids is 3. The minimum atomic E-state index is -0.922. The van der Waals surface area contributed by atoms with Crippen molar-refractivity contribution in [3.63, 3.8) is 0 Å². The normalized spacial score (nSPS) is 11.9. The number of rotatable bonds is 8. The molecule has 3 aromatic rings. The van der Waals surface area contributed by atoms with E-state index in [1.807, 2.05) is 60.7 Å². The number of benzene rings is 3. The van der Waals surface area contributed by atoms with Crippen LogP contribution in [0.3, 0.4) is 0 Å². The van der Waals surface area contributed by atoms with Gasteiger partial charge in [-0.1, -0.05) is 61.2 Å². The van der Waals surface area contributed by atoms with Crippen molar-refractivity contribution in [2.45, 2.75) is 39.3 Å². The van der Waals surface area contributed by atoms with E-state index in [0.717, 1.165) is 16.3 Å². The molecule has 0 saturated carbocycles. The maximum absolute atomic E-state index is 13.6. The molecule has 7 nitrogen and oxygen atoms in total. The predicted octanol–water partition coefficient (Wildman–Crippen LogP) is 5.54. The second kappa shape index (κ2) is 11.5.